The first-order valence-electron chi connectivity index (χ1n) is 12.4. The third-order valence-electron chi connectivity index (χ3n) is 5.66. The predicted molar refractivity (Wildman–Crippen MR) is 138 cm³/mol. The van der Waals surface area contributed by atoms with Gasteiger partial charge in [-0.3, -0.25) is 0 Å². The highest BCUT2D eigenvalue weighted by atomic mass is 19.4. The number of alkyl halides is 8. The van der Waals surface area contributed by atoms with E-state index in [0.717, 1.165) is 42.6 Å². The molecule has 4 N–H and O–H groups in total. The van der Waals surface area contributed by atoms with Crippen LogP contribution in [0.15, 0.2) is 30.5 Å². The number of carbonyl (C=O) groups is 2. The van der Waals surface area contributed by atoms with E-state index in [1.807, 2.05) is 44.2 Å². The Morgan fingerprint density at radius 3 is 1.84 bits per heavy atom. The Labute approximate surface area is 241 Å². The van der Waals surface area contributed by atoms with E-state index in [9.17, 15) is 35.1 Å². The SMILES string of the molecule is Cc1cnc(N[C@H]2CC[C@@H](NCc3ccc(OC(F)F)cc3)CC2)nc1N(C)C.O=C(O)C(F)(F)F.O=C(O)C(F)(F)F. The van der Waals surface area contributed by atoms with Gasteiger partial charge in [0.05, 0.1) is 0 Å². The fourth-order valence-corrected chi connectivity index (χ4v) is 3.63. The lowest BCUT2D eigenvalue weighted by molar-refractivity contribution is -0.193. The molecule has 18 heteroatoms. The topological polar surface area (TPSA) is 137 Å². The standard InChI is InChI=1S/C21H29F2N5O.2C2HF3O2/c1-14-12-25-21(27-19(14)28(2)3)26-17-8-6-16(7-9-17)24-13-15-4-10-18(11-5-15)29-20(22)23;2*3-2(4,5)1(6)7/h4-5,10-12,16-17,20,24H,6-9,13H2,1-3H3,(H,25,26,27);2*(H,6,7)/t16-,17+;;. The third-order valence-corrected chi connectivity index (χ3v) is 5.66. The zero-order valence-electron chi connectivity index (χ0n) is 23.1. The summed E-state index contributed by atoms with van der Waals surface area (Å²) in [6.07, 6.45) is -4.08. The minimum absolute atomic E-state index is 0.186. The van der Waals surface area contributed by atoms with Crippen molar-refractivity contribution in [1.29, 1.82) is 0 Å². The molecule has 2 aromatic rings. The van der Waals surface area contributed by atoms with Crippen LogP contribution < -0.4 is 20.3 Å². The second-order valence-corrected chi connectivity index (χ2v) is 9.30. The molecule has 1 aliphatic rings. The highest BCUT2D eigenvalue weighted by Crippen LogP contribution is 2.23. The highest BCUT2D eigenvalue weighted by Gasteiger charge is 2.38. The minimum Gasteiger partial charge on any atom is -0.475 e. The number of nitrogens with zero attached hydrogens (tertiary/aromatic N) is 3. The molecule has 3 rings (SSSR count). The van der Waals surface area contributed by atoms with E-state index < -0.39 is 30.9 Å². The monoisotopic (exact) mass is 633 g/mol. The number of aromatic nitrogens is 2. The molecular formula is C25H31F8N5O5. The first-order chi connectivity index (χ1) is 19.8. The van der Waals surface area contributed by atoms with Crippen molar-refractivity contribution in [3.63, 3.8) is 0 Å². The van der Waals surface area contributed by atoms with Gasteiger partial charge in [0.1, 0.15) is 11.6 Å². The summed E-state index contributed by atoms with van der Waals surface area (Å²) in [5, 5.41) is 21.3. The van der Waals surface area contributed by atoms with Crippen molar-refractivity contribution in [2.75, 3.05) is 24.3 Å². The molecule has 1 aromatic heterocycles. The average Bonchev–Trinajstić information content (AvgIpc) is 2.89. The number of aryl methyl sites for hydroxylation is 1. The molecule has 1 fully saturated rings. The van der Waals surface area contributed by atoms with E-state index >= 15 is 0 Å². The van der Waals surface area contributed by atoms with Crippen molar-refractivity contribution >= 4 is 23.7 Å². The van der Waals surface area contributed by atoms with Gasteiger partial charge >= 0.3 is 30.9 Å². The number of rotatable bonds is 8. The molecule has 0 unspecified atom stereocenters. The summed E-state index contributed by atoms with van der Waals surface area (Å²) in [6.45, 7) is -0.0667. The molecule has 1 aromatic carbocycles. The van der Waals surface area contributed by atoms with E-state index in [2.05, 4.69) is 25.3 Å². The van der Waals surface area contributed by atoms with Crippen LogP contribution in [0.5, 0.6) is 5.75 Å². The van der Waals surface area contributed by atoms with E-state index in [4.69, 9.17) is 19.8 Å². The highest BCUT2D eigenvalue weighted by molar-refractivity contribution is 5.73. The summed E-state index contributed by atoms with van der Waals surface area (Å²) in [7, 11) is 3.96. The first kappa shape index (κ1) is 37.1. The minimum atomic E-state index is -5.08. The fourth-order valence-electron chi connectivity index (χ4n) is 3.63. The normalized spacial score (nSPS) is 16.7. The third kappa shape index (κ3) is 14.7. The molecule has 1 aliphatic carbocycles. The van der Waals surface area contributed by atoms with E-state index in [0.29, 0.717) is 24.6 Å². The van der Waals surface area contributed by atoms with Gasteiger partial charge in [-0.1, -0.05) is 12.1 Å². The molecule has 0 aliphatic heterocycles. The maximum Gasteiger partial charge on any atom is 0.490 e. The zero-order chi connectivity index (χ0) is 33.0. The van der Waals surface area contributed by atoms with Crippen LogP contribution in [0.2, 0.25) is 0 Å². The number of nitrogens with one attached hydrogen (secondary N) is 2. The van der Waals surface area contributed by atoms with Gasteiger partial charge in [0.25, 0.3) is 0 Å². The molecule has 0 amide bonds. The lowest BCUT2D eigenvalue weighted by atomic mass is 9.91. The quantitative estimate of drug-likeness (QED) is 0.286. The summed E-state index contributed by atoms with van der Waals surface area (Å²) in [5.41, 5.74) is 2.11. The molecule has 242 valence electrons. The summed E-state index contributed by atoms with van der Waals surface area (Å²) >= 11 is 0. The number of halogens is 8. The van der Waals surface area contributed by atoms with Crippen LogP contribution in [-0.4, -0.2) is 77.3 Å². The summed E-state index contributed by atoms with van der Waals surface area (Å²) in [5.74, 6) is -3.71. The maximum atomic E-state index is 12.2. The van der Waals surface area contributed by atoms with Crippen LogP contribution in [-0.2, 0) is 16.1 Å². The second-order valence-electron chi connectivity index (χ2n) is 9.30. The molecule has 0 spiro atoms. The van der Waals surface area contributed by atoms with E-state index in [-0.39, 0.29) is 5.75 Å². The molecule has 43 heavy (non-hydrogen) atoms. The van der Waals surface area contributed by atoms with Gasteiger partial charge in [-0.15, -0.1) is 0 Å². The van der Waals surface area contributed by atoms with Crippen LogP contribution >= 0.6 is 0 Å². The number of carboxylic acid groups (broad SMARTS) is 2. The van der Waals surface area contributed by atoms with Crippen LogP contribution in [0.3, 0.4) is 0 Å². The lowest BCUT2D eigenvalue weighted by Gasteiger charge is -2.30. The lowest BCUT2D eigenvalue weighted by Crippen LogP contribution is -2.37. The Morgan fingerprint density at radius 1 is 0.953 bits per heavy atom. The van der Waals surface area contributed by atoms with Crippen molar-refractivity contribution in [3.8, 4) is 5.75 Å². The zero-order valence-corrected chi connectivity index (χ0v) is 23.1. The first-order valence-corrected chi connectivity index (χ1v) is 12.4. The van der Waals surface area contributed by atoms with Gasteiger partial charge in [0.2, 0.25) is 5.95 Å². The van der Waals surface area contributed by atoms with Crippen LogP contribution in [0.1, 0.15) is 36.8 Å². The van der Waals surface area contributed by atoms with Crippen LogP contribution in [0.25, 0.3) is 0 Å². The second kappa shape index (κ2) is 16.6. The predicted octanol–water partition coefficient (Wildman–Crippen LogP) is 5.23. The number of hydrogen-bond donors (Lipinski definition) is 4. The van der Waals surface area contributed by atoms with Crippen LogP contribution in [0.4, 0.5) is 46.9 Å². The number of carboxylic acids is 2. The van der Waals surface area contributed by atoms with Gasteiger partial charge in [0, 0.05) is 44.5 Å². The van der Waals surface area contributed by atoms with Gasteiger partial charge in [0.15, 0.2) is 0 Å². The van der Waals surface area contributed by atoms with Crippen molar-refractivity contribution in [2.24, 2.45) is 0 Å². The van der Waals surface area contributed by atoms with Crippen molar-refractivity contribution < 1.29 is 59.7 Å². The Hall–Kier alpha value is -3.96. The summed E-state index contributed by atoms with van der Waals surface area (Å²) in [6, 6.07) is 7.60. The number of hydrogen-bond acceptors (Lipinski definition) is 8. The summed E-state index contributed by atoms with van der Waals surface area (Å²) in [4.78, 5) is 28.8. The number of aliphatic carboxylic acids is 2. The summed E-state index contributed by atoms with van der Waals surface area (Å²) < 4.78 is 92.3. The van der Waals surface area contributed by atoms with Gasteiger partial charge < -0.3 is 30.5 Å². The average molecular weight is 634 g/mol. The molecule has 0 radical (unpaired) electrons. The number of anilines is 2. The Balaban J connectivity index is 0.000000548. The molecular weight excluding hydrogens is 602 g/mol. The van der Waals surface area contributed by atoms with Crippen LogP contribution in [0, 0.1) is 6.92 Å². The molecule has 1 heterocycles. The molecule has 10 nitrogen and oxygen atoms in total. The largest absolute Gasteiger partial charge is 0.490 e. The molecule has 1 saturated carbocycles. The maximum absolute atomic E-state index is 12.2. The molecule has 0 bridgehead atoms. The Bertz CT molecular complexity index is 1130. The Morgan fingerprint density at radius 2 is 1.42 bits per heavy atom. The van der Waals surface area contributed by atoms with E-state index in [1.165, 1.54) is 0 Å². The van der Waals surface area contributed by atoms with Crippen molar-refractivity contribution in [3.05, 3.63) is 41.6 Å². The molecule has 0 atom stereocenters. The van der Waals surface area contributed by atoms with Crippen molar-refractivity contribution in [1.82, 2.24) is 15.3 Å². The van der Waals surface area contributed by atoms with Gasteiger partial charge in [-0.05, 0) is 50.3 Å². The molecule has 0 saturated heterocycles. The fraction of sp³-hybridized carbons (Fsp3) is 0.520. The van der Waals surface area contributed by atoms with E-state index in [1.54, 1.807) is 12.1 Å². The number of ether oxygens (including phenoxy) is 1. The smallest absolute Gasteiger partial charge is 0.475 e. The van der Waals surface area contributed by atoms with Gasteiger partial charge in [-0.2, -0.15) is 40.1 Å². The van der Waals surface area contributed by atoms with Crippen molar-refractivity contribution in [2.45, 2.75) is 70.2 Å². The van der Waals surface area contributed by atoms with Gasteiger partial charge in [-0.25, -0.2) is 14.6 Å². The Kier molecular flexibility index (Phi) is 14.3. The number of benzene rings is 1.